The van der Waals surface area contributed by atoms with Crippen molar-refractivity contribution in [2.45, 2.75) is 19.3 Å². The van der Waals surface area contributed by atoms with Crippen LogP contribution in [0.25, 0.3) is 0 Å². The van der Waals surface area contributed by atoms with Crippen molar-refractivity contribution in [1.82, 2.24) is 10.2 Å². The third kappa shape index (κ3) is 3.22. The predicted molar refractivity (Wildman–Crippen MR) is 59.6 cm³/mol. The maximum absolute atomic E-state index is 11.9. The summed E-state index contributed by atoms with van der Waals surface area (Å²) >= 11 is 0. The zero-order chi connectivity index (χ0) is 13.2. The van der Waals surface area contributed by atoms with Crippen LogP contribution in [0, 0.1) is 0 Å². The van der Waals surface area contributed by atoms with Gasteiger partial charge in [0.2, 0.25) is 5.91 Å². The Bertz CT molecular complexity index is 420. The molecule has 0 saturated carbocycles. The number of halogens is 3. The summed E-state index contributed by atoms with van der Waals surface area (Å²) in [6.07, 6.45) is -4.28. The fourth-order valence-electron chi connectivity index (χ4n) is 1.93. The molecule has 1 N–H and O–H groups in total. The second-order valence-electron chi connectivity index (χ2n) is 4.24. The molecule has 0 radical (unpaired) electrons. The number of hydrogen-bond acceptors (Lipinski definition) is 2. The number of rotatable bonds is 3. The third-order valence-corrected chi connectivity index (χ3v) is 2.80. The summed E-state index contributed by atoms with van der Waals surface area (Å²) in [5.74, 6) is -0.310. The first-order chi connectivity index (χ1) is 8.46. The van der Waals surface area contributed by atoms with Gasteiger partial charge in [0.1, 0.15) is 0 Å². The van der Waals surface area contributed by atoms with Crippen LogP contribution in [-0.4, -0.2) is 30.1 Å². The van der Waals surface area contributed by atoms with Crippen LogP contribution in [0.5, 0.6) is 0 Å². The van der Waals surface area contributed by atoms with Gasteiger partial charge in [-0.2, -0.15) is 13.2 Å². The van der Waals surface area contributed by atoms with Crippen molar-refractivity contribution < 1.29 is 18.0 Å². The van der Waals surface area contributed by atoms with Crippen molar-refractivity contribution in [3.63, 3.8) is 0 Å². The van der Waals surface area contributed by atoms with Crippen LogP contribution in [0.2, 0.25) is 0 Å². The van der Waals surface area contributed by atoms with Crippen LogP contribution >= 0.6 is 0 Å². The fraction of sp³-hybridized carbons (Fsp3) is 0.417. The lowest BCUT2D eigenvalue weighted by Gasteiger charge is -2.16. The number of benzene rings is 1. The quantitative estimate of drug-likeness (QED) is 0.894. The van der Waals surface area contributed by atoms with Gasteiger partial charge in [-0.1, -0.05) is 24.3 Å². The van der Waals surface area contributed by atoms with Crippen molar-refractivity contribution in [2.24, 2.45) is 0 Å². The van der Waals surface area contributed by atoms with Crippen molar-refractivity contribution in [2.75, 3.05) is 13.1 Å². The van der Waals surface area contributed by atoms with E-state index in [1.54, 1.807) is 4.90 Å². The minimum Gasteiger partial charge on any atom is -0.333 e. The molecular formula is C12H13F3N2O. The van der Waals surface area contributed by atoms with E-state index in [0.29, 0.717) is 13.1 Å². The lowest BCUT2D eigenvalue weighted by molar-refractivity contribution is -0.134. The van der Waals surface area contributed by atoms with Gasteiger partial charge in [0.05, 0.1) is 13.1 Å². The number of carbonyl (C=O) groups is 1. The van der Waals surface area contributed by atoms with E-state index in [9.17, 15) is 18.0 Å². The molecule has 0 unspecified atom stereocenters. The molecule has 0 spiro atoms. The summed E-state index contributed by atoms with van der Waals surface area (Å²) in [5.41, 5.74) is 2.11. The van der Waals surface area contributed by atoms with Crippen LogP contribution in [0.3, 0.4) is 0 Å². The molecule has 1 aliphatic heterocycles. The average Bonchev–Trinajstić information content (AvgIpc) is 2.70. The van der Waals surface area contributed by atoms with Gasteiger partial charge in [-0.15, -0.1) is 0 Å². The van der Waals surface area contributed by atoms with Crippen LogP contribution in [0.1, 0.15) is 11.1 Å². The summed E-state index contributed by atoms with van der Waals surface area (Å²) in [7, 11) is 0. The van der Waals surface area contributed by atoms with Gasteiger partial charge >= 0.3 is 6.18 Å². The molecule has 0 fully saturated rings. The van der Waals surface area contributed by atoms with Crippen LogP contribution in [-0.2, 0) is 17.9 Å². The second kappa shape index (κ2) is 4.97. The Balaban J connectivity index is 1.83. The summed E-state index contributed by atoms with van der Waals surface area (Å²) in [5, 5.41) is 2.11. The van der Waals surface area contributed by atoms with Crippen molar-refractivity contribution in [1.29, 1.82) is 0 Å². The standard InChI is InChI=1S/C12H13F3N2O/c13-12(14,15)8-16-5-11(18)17-6-9-3-1-2-4-10(9)7-17/h1-4,16H,5-8H2. The maximum atomic E-state index is 11.9. The number of hydrogen-bond donors (Lipinski definition) is 1. The van der Waals surface area contributed by atoms with Gasteiger partial charge in [-0.05, 0) is 11.1 Å². The molecule has 3 nitrogen and oxygen atoms in total. The molecule has 1 aromatic rings. The molecule has 6 heteroatoms. The first-order valence-corrected chi connectivity index (χ1v) is 5.58. The molecular weight excluding hydrogens is 245 g/mol. The van der Waals surface area contributed by atoms with Crippen molar-refractivity contribution >= 4 is 5.91 Å². The molecule has 2 rings (SSSR count). The fourth-order valence-corrected chi connectivity index (χ4v) is 1.93. The Morgan fingerprint density at radius 2 is 1.78 bits per heavy atom. The van der Waals surface area contributed by atoms with Gasteiger partial charge in [0.25, 0.3) is 0 Å². The molecule has 0 aliphatic carbocycles. The molecule has 0 bridgehead atoms. The first-order valence-electron chi connectivity index (χ1n) is 5.58. The van der Waals surface area contributed by atoms with E-state index in [0.717, 1.165) is 11.1 Å². The van der Waals surface area contributed by atoms with Crippen LogP contribution in [0.4, 0.5) is 13.2 Å². The highest BCUT2D eigenvalue weighted by molar-refractivity contribution is 5.79. The van der Waals surface area contributed by atoms with E-state index in [1.165, 1.54) is 0 Å². The molecule has 1 heterocycles. The lowest BCUT2D eigenvalue weighted by Crippen LogP contribution is -2.38. The first kappa shape index (κ1) is 12.9. The van der Waals surface area contributed by atoms with E-state index in [2.05, 4.69) is 5.32 Å². The highest BCUT2D eigenvalue weighted by Crippen LogP contribution is 2.21. The number of nitrogens with one attached hydrogen (secondary N) is 1. The number of nitrogens with zero attached hydrogens (tertiary/aromatic N) is 1. The van der Waals surface area contributed by atoms with Gasteiger partial charge in [-0.3, -0.25) is 4.79 Å². The monoisotopic (exact) mass is 258 g/mol. The van der Waals surface area contributed by atoms with Crippen LogP contribution in [0.15, 0.2) is 24.3 Å². The second-order valence-corrected chi connectivity index (χ2v) is 4.24. The minimum absolute atomic E-state index is 0.284. The van der Waals surface area contributed by atoms with E-state index in [4.69, 9.17) is 0 Å². The highest BCUT2D eigenvalue weighted by atomic mass is 19.4. The molecule has 0 atom stereocenters. The molecule has 1 aliphatic rings. The zero-order valence-electron chi connectivity index (χ0n) is 9.63. The number of alkyl halides is 3. The summed E-state index contributed by atoms with van der Waals surface area (Å²) in [6.45, 7) is -0.474. The topological polar surface area (TPSA) is 32.3 Å². The normalized spacial score (nSPS) is 14.7. The number of fused-ring (bicyclic) bond motifs is 1. The summed E-state index contributed by atoms with van der Waals surface area (Å²) in [4.78, 5) is 13.2. The third-order valence-electron chi connectivity index (χ3n) is 2.80. The maximum Gasteiger partial charge on any atom is 0.401 e. The molecule has 98 valence electrons. The summed E-state index contributed by atoms with van der Waals surface area (Å²) in [6, 6.07) is 7.61. The Morgan fingerprint density at radius 3 is 2.28 bits per heavy atom. The SMILES string of the molecule is O=C(CNCC(F)(F)F)N1Cc2ccccc2C1. The Morgan fingerprint density at radius 1 is 1.22 bits per heavy atom. The largest absolute Gasteiger partial charge is 0.401 e. The minimum atomic E-state index is -4.28. The number of carbonyl (C=O) groups excluding carboxylic acids is 1. The molecule has 0 aromatic heterocycles. The molecule has 0 saturated heterocycles. The van der Waals surface area contributed by atoms with Crippen LogP contribution < -0.4 is 5.32 Å². The van der Waals surface area contributed by atoms with Gasteiger partial charge in [0, 0.05) is 13.1 Å². The van der Waals surface area contributed by atoms with E-state index >= 15 is 0 Å². The number of amides is 1. The van der Waals surface area contributed by atoms with Gasteiger partial charge in [0.15, 0.2) is 0 Å². The summed E-state index contributed by atoms with van der Waals surface area (Å²) < 4.78 is 35.7. The van der Waals surface area contributed by atoms with Gasteiger partial charge < -0.3 is 10.2 Å². The zero-order valence-corrected chi connectivity index (χ0v) is 9.63. The van der Waals surface area contributed by atoms with E-state index < -0.39 is 12.7 Å². The molecule has 1 amide bonds. The molecule has 1 aromatic carbocycles. The van der Waals surface area contributed by atoms with Crippen molar-refractivity contribution in [3.05, 3.63) is 35.4 Å². The predicted octanol–water partition coefficient (Wildman–Crippen LogP) is 1.68. The average molecular weight is 258 g/mol. The Labute approximate surface area is 103 Å². The van der Waals surface area contributed by atoms with E-state index in [-0.39, 0.29) is 12.5 Å². The Hall–Kier alpha value is -1.56. The van der Waals surface area contributed by atoms with Crippen molar-refractivity contribution in [3.8, 4) is 0 Å². The smallest absolute Gasteiger partial charge is 0.333 e. The van der Waals surface area contributed by atoms with Gasteiger partial charge in [-0.25, -0.2) is 0 Å². The molecule has 18 heavy (non-hydrogen) atoms. The Kier molecular flexibility index (Phi) is 3.56. The lowest BCUT2D eigenvalue weighted by atomic mass is 10.1. The van der Waals surface area contributed by atoms with E-state index in [1.807, 2.05) is 24.3 Å². The highest BCUT2D eigenvalue weighted by Gasteiger charge is 2.28.